The fourth-order valence-electron chi connectivity index (χ4n) is 1.74. The van der Waals surface area contributed by atoms with Crippen LogP contribution in [0.2, 0.25) is 0 Å². The van der Waals surface area contributed by atoms with E-state index >= 15 is 0 Å². The van der Waals surface area contributed by atoms with E-state index in [2.05, 4.69) is 15.9 Å². The van der Waals surface area contributed by atoms with Crippen LogP contribution in [-0.4, -0.2) is 26.7 Å². The summed E-state index contributed by atoms with van der Waals surface area (Å²) < 4.78 is 19.2. The van der Waals surface area contributed by atoms with Crippen molar-refractivity contribution in [2.45, 2.75) is 13.3 Å². The van der Waals surface area contributed by atoms with Gasteiger partial charge in [0.1, 0.15) is 5.82 Å². The fraction of sp³-hybridized carbons (Fsp3) is 0.462. The van der Waals surface area contributed by atoms with E-state index in [0.717, 1.165) is 4.47 Å². The zero-order valence-corrected chi connectivity index (χ0v) is 12.3. The Hall–Kier alpha value is -1.10. The van der Waals surface area contributed by atoms with Crippen molar-refractivity contribution in [2.24, 2.45) is 5.92 Å². The number of benzene rings is 1. The molecule has 5 heteroatoms. The fourth-order valence-corrected chi connectivity index (χ4v) is 2.09. The lowest BCUT2D eigenvalue weighted by molar-refractivity contribution is -0.145. The molecule has 3 nitrogen and oxygen atoms in total. The third-order valence-electron chi connectivity index (χ3n) is 2.84. The molecule has 1 rings (SSSR count). The average molecular weight is 318 g/mol. The Morgan fingerprint density at radius 1 is 1.56 bits per heavy atom. The minimum atomic E-state index is -0.305. The maximum Gasteiger partial charge on any atom is 0.310 e. The quantitative estimate of drug-likeness (QED) is 0.781. The molecule has 1 aromatic rings. The van der Waals surface area contributed by atoms with E-state index in [-0.39, 0.29) is 17.7 Å². The lowest BCUT2D eigenvalue weighted by Gasteiger charge is -2.24. The van der Waals surface area contributed by atoms with E-state index < -0.39 is 0 Å². The molecule has 1 atom stereocenters. The summed E-state index contributed by atoms with van der Waals surface area (Å²) in [6.07, 6.45) is 0.659. The van der Waals surface area contributed by atoms with Crippen LogP contribution in [0.5, 0.6) is 0 Å². The number of esters is 1. The second-order valence-electron chi connectivity index (χ2n) is 4.10. The number of methoxy groups -OCH3 is 1. The molecule has 0 aliphatic rings. The highest BCUT2D eigenvalue weighted by molar-refractivity contribution is 9.10. The maximum absolute atomic E-state index is 13.7. The molecule has 0 aromatic heterocycles. The molecule has 100 valence electrons. The number of halogens is 2. The van der Waals surface area contributed by atoms with Gasteiger partial charge in [-0.25, -0.2) is 4.39 Å². The highest BCUT2D eigenvalue weighted by atomic mass is 79.9. The van der Waals surface area contributed by atoms with Gasteiger partial charge >= 0.3 is 5.97 Å². The van der Waals surface area contributed by atoms with Gasteiger partial charge < -0.3 is 9.64 Å². The Kier molecular flexibility index (Phi) is 5.59. The maximum atomic E-state index is 13.7. The van der Waals surface area contributed by atoms with Crippen LogP contribution in [0.25, 0.3) is 0 Å². The first kappa shape index (κ1) is 15.0. The summed E-state index contributed by atoms with van der Waals surface area (Å²) in [5, 5.41) is 0. The first-order valence-corrected chi connectivity index (χ1v) is 6.52. The van der Waals surface area contributed by atoms with Gasteiger partial charge in [-0.1, -0.05) is 22.9 Å². The van der Waals surface area contributed by atoms with Gasteiger partial charge in [0.25, 0.3) is 0 Å². The van der Waals surface area contributed by atoms with Gasteiger partial charge in [0.15, 0.2) is 0 Å². The Labute approximate surface area is 115 Å². The monoisotopic (exact) mass is 317 g/mol. The normalized spacial score (nSPS) is 12.1. The summed E-state index contributed by atoms with van der Waals surface area (Å²) in [6, 6.07) is 4.73. The van der Waals surface area contributed by atoms with E-state index in [1.165, 1.54) is 13.2 Å². The first-order valence-electron chi connectivity index (χ1n) is 5.73. The van der Waals surface area contributed by atoms with Gasteiger partial charge in [-0.05, 0) is 24.6 Å². The zero-order chi connectivity index (χ0) is 13.7. The van der Waals surface area contributed by atoms with E-state index in [4.69, 9.17) is 4.74 Å². The average Bonchev–Trinajstić information content (AvgIpc) is 2.37. The minimum absolute atomic E-state index is 0.251. The molecule has 0 spiro atoms. The number of rotatable bonds is 5. The Bertz CT molecular complexity index is 425. The largest absolute Gasteiger partial charge is 0.469 e. The minimum Gasteiger partial charge on any atom is -0.469 e. The van der Waals surface area contributed by atoms with Crippen molar-refractivity contribution < 1.29 is 13.9 Å². The Morgan fingerprint density at radius 2 is 2.22 bits per heavy atom. The molecule has 0 aliphatic heterocycles. The van der Waals surface area contributed by atoms with Crippen LogP contribution in [0.3, 0.4) is 0 Å². The highest BCUT2D eigenvalue weighted by Gasteiger charge is 2.20. The molecule has 1 aromatic carbocycles. The van der Waals surface area contributed by atoms with E-state index in [9.17, 15) is 9.18 Å². The Balaban J connectivity index is 2.83. The van der Waals surface area contributed by atoms with Crippen molar-refractivity contribution in [3.8, 4) is 0 Å². The molecular weight excluding hydrogens is 301 g/mol. The topological polar surface area (TPSA) is 29.5 Å². The molecule has 0 aliphatic carbocycles. The molecule has 1 unspecified atom stereocenters. The Morgan fingerprint density at radius 3 is 2.78 bits per heavy atom. The van der Waals surface area contributed by atoms with Crippen molar-refractivity contribution >= 4 is 27.6 Å². The number of nitrogens with zero attached hydrogens (tertiary/aromatic N) is 1. The van der Waals surface area contributed by atoms with Crippen LogP contribution in [0.1, 0.15) is 13.3 Å². The van der Waals surface area contributed by atoms with Crippen LogP contribution in [0, 0.1) is 11.7 Å². The molecule has 18 heavy (non-hydrogen) atoms. The third-order valence-corrected chi connectivity index (χ3v) is 3.33. The number of hydrogen-bond donors (Lipinski definition) is 0. The van der Waals surface area contributed by atoms with Crippen molar-refractivity contribution in [3.05, 3.63) is 28.5 Å². The molecule has 0 N–H and O–H groups in total. The number of anilines is 1. The molecule has 0 bridgehead atoms. The summed E-state index contributed by atoms with van der Waals surface area (Å²) in [5.74, 6) is -0.821. The van der Waals surface area contributed by atoms with Crippen LogP contribution >= 0.6 is 15.9 Å². The smallest absolute Gasteiger partial charge is 0.310 e. The van der Waals surface area contributed by atoms with Crippen molar-refractivity contribution in [3.63, 3.8) is 0 Å². The van der Waals surface area contributed by atoms with Gasteiger partial charge in [0, 0.05) is 18.1 Å². The predicted molar refractivity (Wildman–Crippen MR) is 73.2 cm³/mol. The number of hydrogen-bond acceptors (Lipinski definition) is 3. The molecule has 0 saturated carbocycles. The molecule has 0 amide bonds. The molecule has 0 fully saturated rings. The van der Waals surface area contributed by atoms with Crippen LogP contribution < -0.4 is 4.90 Å². The highest BCUT2D eigenvalue weighted by Crippen LogP contribution is 2.24. The van der Waals surface area contributed by atoms with Gasteiger partial charge in [-0.2, -0.15) is 0 Å². The molecule has 0 radical (unpaired) electrons. The van der Waals surface area contributed by atoms with E-state index in [1.807, 2.05) is 6.92 Å². The standard InChI is InChI=1S/C13H17BrFNO2/c1-4-9(13(17)18-3)8-16(2)12-7-10(14)5-6-11(12)15/h5-7,9H,4,8H2,1-3H3. The van der Waals surface area contributed by atoms with E-state index in [0.29, 0.717) is 18.7 Å². The zero-order valence-electron chi connectivity index (χ0n) is 10.7. The van der Waals surface area contributed by atoms with Crippen molar-refractivity contribution in [1.82, 2.24) is 0 Å². The van der Waals surface area contributed by atoms with Gasteiger partial charge in [-0.3, -0.25) is 4.79 Å². The number of carbonyl (C=O) groups excluding carboxylic acids is 1. The van der Waals surface area contributed by atoms with Crippen molar-refractivity contribution in [1.29, 1.82) is 0 Å². The van der Waals surface area contributed by atoms with Crippen molar-refractivity contribution in [2.75, 3.05) is 25.6 Å². The predicted octanol–water partition coefficient (Wildman–Crippen LogP) is 3.22. The van der Waals surface area contributed by atoms with Crippen LogP contribution in [0.4, 0.5) is 10.1 Å². The second kappa shape index (κ2) is 6.73. The van der Waals surface area contributed by atoms with E-state index in [1.54, 1.807) is 24.1 Å². The van der Waals surface area contributed by atoms with Gasteiger partial charge in [-0.15, -0.1) is 0 Å². The van der Waals surface area contributed by atoms with Crippen LogP contribution in [-0.2, 0) is 9.53 Å². The summed E-state index contributed by atoms with van der Waals surface area (Å²) in [4.78, 5) is 13.2. The second-order valence-corrected chi connectivity index (χ2v) is 5.02. The van der Waals surface area contributed by atoms with Gasteiger partial charge in [0.2, 0.25) is 0 Å². The van der Waals surface area contributed by atoms with Gasteiger partial charge in [0.05, 0.1) is 18.7 Å². The first-order chi connectivity index (χ1) is 8.49. The number of carbonyl (C=O) groups is 1. The lowest BCUT2D eigenvalue weighted by Crippen LogP contribution is -2.31. The number of ether oxygens (including phenoxy) is 1. The molecule has 0 saturated heterocycles. The summed E-state index contributed by atoms with van der Waals surface area (Å²) in [5.41, 5.74) is 0.465. The third kappa shape index (κ3) is 3.70. The summed E-state index contributed by atoms with van der Waals surface area (Å²) in [7, 11) is 3.13. The summed E-state index contributed by atoms with van der Waals surface area (Å²) >= 11 is 3.31. The SMILES string of the molecule is CCC(CN(C)c1cc(Br)ccc1F)C(=O)OC. The molecule has 0 heterocycles. The lowest BCUT2D eigenvalue weighted by atomic mass is 10.1. The summed E-state index contributed by atoms with van der Waals surface area (Å²) in [6.45, 7) is 2.34. The molecular formula is C13H17BrFNO2. The van der Waals surface area contributed by atoms with Crippen LogP contribution in [0.15, 0.2) is 22.7 Å².